The number of hydrogen-bond acceptors (Lipinski definition) is 4. The fraction of sp³-hybridized carbons (Fsp3) is 0.500. The van der Waals surface area contributed by atoms with Gasteiger partial charge in [-0.15, -0.1) is 0 Å². The van der Waals surface area contributed by atoms with Crippen LogP contribution in [-0.4, -0.2) is 21.9 Å². The van der Waals surface area contributed by atoms with Gasteiger partial charge in [0.25, 0.3) is 0 Å². The summed E-state index contributed by atoms with van der Waals surface area (Å²) in [5, 5.41) is 9.57. The monoisotopic (exact) mass is 214 g/mol. The molecule has 3 nitrogen and oxygen atoms in total. The van der Waals surface area contributed by atoms with E-state index in [1.807, 2.05) is 0 Å². The SMILES string of the molecule is Cn1c(O)c(C=NC2CC2)sc1=S. The summed E-state index contributed by atoms with van der Waals surface area (Å²) in [6.45, 7) is 0. The van der Waals surface area contributed by atoms with Crippen molar-refractivity contribution in [3.63, 3.8) is 0 Å². The summed E-state index contributed by atoms with van der Waals surface area (Å²) < 4.78 is 2.27. The molecule has 1 saturated carbocycles. The van der Waals surface area contributed by atoms with Gasteiger partial charge in [0.15, 0.2) is 3.95 Å². The minimum atomic E-state index is 0.222. The zero-order valence-corrected chi connectivity index (χ0v) is 8.86. The molecule has 1 aromatic rings. The van der Waals surface area contributed by atoms with Gasteiger partial charge in [-0.1, -0.05) is 11.3 Å². The van der Waals surface area contributed by atoms with Gasteiger partial charge < -0.3 is 5.11 Å². The molecule has 0 amide bonds. The first kappa shape index (κ1) is 8.90. The van der Waals surface area contributed by atoms with Crippen LogP contribution in [0, 0.1) is 3.95 Å². The van der Waals surface area contributed by atoms with Crippen molar-refractivity contribution in [1.29, 1.82) is 0 Å². The van der Waals surface area contributed by atoms with Crippen LogP contribution in [0.4, 0.5) is 0 Å². The summed E-state index contributed by atoms with van der Waals surface area (Å²) in [5.74, 6) is 0.222. The van der Waals surface area contributed by atoms with E-state index in [4.69, 9.17) is 12.2 Å². The largest absolute Gasteiger partial charge is 0.493 e. The zero-order chi connectivity index (χ0) is 9.42. The predicted molar refractivity (Wildman–Crippen MR) is 56.4 cm³/mol. The summed E-state index contributed by atoms with van der Waals surface area (Å²) in [7, 11) is 1.75. The summed E-state index contributed by atoms with van der Waals surface area (Å²) in [5.41, 5.74) is 0. The summed E-state index contributed by atoms with van der Waals surface area (Å²) in [6.07, 6.45) is 4.08. The lowest BCUT2D eigenvalue weighted by Crippen LogP contribution is -1.86. The topological polar surface area (TPSA) is 37.5 Å². The quantitative estimate of drug-likeness (QED) is 0.604. The third-order valence-electron chi connectivity index (χ3n) is 1.96. The van der Waals surface area contributed by atoms with Crippen LogP contribution < -0.4 is 0 Å². The molecule has 0 spiro atoms. The maximum Gasteiger partial charge on any atom is 0.211 e. The van der Waals surface area contributed by atoms with E-state index in [2.05, 4.69) is 4.99 Å². The molecular formula is C8H10N2OS2. The highest BCUT2D eigenvalue weighted by atomic mass is 32.1. The zero-order valence-electron chi connectivity index (χ0n) is 7.23. The van der Waals surface area contributed by atoms with Gasteiger partial charge in [-0.25, -0.2) is 0 Å². The summed E-state index contributed by atoms with van der Waals surface area (Å²) >= 11 is 6.41. The molecular weight excluding hydrogens is 204 g/mol. The standard InChI is InChI=1S/C8H10N2OS2/c1-10-7(11)6(13-8(10)12)4-9-5-2-3-5/h4-5,11H,2-3H2,1H3. The van der Waals surface area contributed by atoms with Gasteiger partial charge in [0.1, 0.15) is 4.88 Å². The Morgan fingerprint density at radius 3 is 2.85 bits per heavy atom. The average molecular weight is 214 g/mol. The summed E-state index contributed by atoms with van der Waals surface area (Å²) in [6, 6.07) is 0.486. The van der Waals surface area contributed by atoms with Gasteiger partial charge >= 0.3 is 0 Å². The smallest absolute Gasteiger partial charge is 0.211 e. The first-order valence-electron chi connectivity index (χ1n) is 4.10. The number of hydrogen-bond donors (Lipinski definition) is 1. The Labute approximate surface area is 85.4 Å². The molecule has 1 heterocycles. The van der Waals surface area contributed by atoms with Crippen molar-refractivity contribution in [1.82, 2.24) is 4.57 Å². The van der Waals surface area contributed by atoms with Crippen molar-refractivity contribution in [2.75, 3.05) is 0 Å². The minimum Gasteiger partial charge on any atom is -0.493 e. The van der Waals surface area contributed by atoms with Crippen molar-refractivity contribution < 1.29 is 5.11 Å². The fourth-order valence-corrected chi connectivity index (χ4v) is 2.05. The molecule has 0 aliphatic heterocycles. The van der Waals surface area contributed by atoms with Crippen LogP contribution >= 0.6 is 23.6 Å². The van der Waals surface area contributed by atoms with Crippen molar-refractivity contribution in [2.45, 2.75) is 18.9 Å². The van der Waals surface area contributed by atoms with Crippen molar-refractivity contribution in [3.05, 3.63) is 8.83 Å². The first-order chi connectivity index (χ1) is 6.18. The highest BCUT2D eigenvalue weighted by molar-refractivity contribution is 7.73. The van der Waals surface area contributed by atoms with Gasteiger partial charge in [0, 0.05) is 13.3 Å². The molecule has 1 aliphatic rings. The van der Waals surface area contributed by atoms with Crippen LogP contribution in [0.1, 0.15) is 17.7 Å². The van der Waals surface area contributed by atoms with Gasteiger partial charge in [0.05, 0.1) is 6.04 Å². The molecule has 0 aromatic carbocycles. The number of rotatable bonds is 2. The second kappa shape index (κ2) is 3.23. The fourth-order valence-electron chi connectivity index (χ4n) is 0.941. The van der Waals surface area contributed by atoms with Gasteiger partial charge in [-0.05, 0) is 25.1 Å². The van der Waals surface area contributed by atoms with E-state index >= 15 is 0 Å². The number of aromatic hydroxyl groups is 1. The molecule has 5 heteroatoms. The Bertz CT molecular complexity index is 401. The first-order valence-corrected chi connectivity index (χ1v) is 5.33. The van der Waals surface area contributed by atoms with Crippen LogP contribution in [0.5, 0.6) is 5.88 Å². The average Bonchev–Trinajstić information content (AvgIpc) is 2.89. The molecule has 0 bridgehead atoms. The van der Waals surface area contributed by atoms with E-state index < -0.39 is 0 Å². The third kappa shape index (κ3) is 1.81. The van der Waals surface area contributed by atoms with Crippen LogP contribution in [0.15, 0.2) is 4.99 Å². The van der Waals surface area contributed by atoms with Crippen LogP contribution in [0.2, 0.25) is 0 Å². The van der Waals surface area contributed by atoms with Crippen LogP contribution in [0.25, 0.3) is 0 Å². The van der Waals surface area contributed by atoms with E-state index in [1.54, 1.807) is 17.8 Å². The molecule has 1 aromatic heterocycles. The maximum atomic E-state index is 9.57. The normalized spacial score (nSPS) is 17.0. The molecule has 1 N–H and O–H groups in total. The maximum absolute atomic E-state index is 9.57. The Hall–Kier alpha value is -0.680. The molecule has 2 rings (SSSR count). The second-order valence-electron chi connectivity index (χ2n) is 3.12. The van der Waals surface area contributed by atoms with E-state index in [0.717, 1.165) is 4.88 Å². The van der Waals surface area contributed by atoms with E-state index in [9.17, 15) is 5.11 Å². The van der Waals surface area contributed by atoms with Gasteiger partial charge in [0.2, 0.25) is 5.88 Å². The molecule has 0 atom stereocenters. The molecule has 1 aliphatic carbocycles. The Kier molecular flexibility index (Phi) is 2.21. The minimum absolute atomic E-state index is 0.222. The predicted octanol–water partition coefficient (Wildman–Crippen LogP) is 2.10. The molecule has 0 radical (unpaired) electrons. The molecule has 0 saturated heterocycles. The van der Waals surface area contributed by atoms with E-state index in [0.29, 0.717) is 10.00 Å². The van der Waals surface area contributed by atoms with Crippen LogP contribution in [-0.2, 0) is 7.05 Å². The molecule has 70 valence electrons. The Morgan fingerprint density at radius 1 is 1.69 bits per heavy atom. The molecule has 1 fully saturated rings. The molecule has 13 heavy (non-hydrogen) atoms. The van der Waals surface area contributed by atoms with Gasteiger partial charge in [-0.2, -0.15) is 0 Å². The number of nitrogens with zero attached hydrogens (tertiary/aromatic N) is 2. The lowest BCUT2D eigenvalue weighted by Gasteiger charge is -1.92. The lowest BCUT2D eigenvalue weighted by molar-refractivity contribution is 0.430. The van der Waals surface area contributed by atoms with Crippen LogP contribution in [0.3, 0.4) is 0 Å². The number of thiazole rings is 1. The molecule has 0 unspecified atom stereocenters. The Balaban J connectivity index is 2.28. The highest BCUT2D eigenvalue weighted by Crippen LogP contribution is 2.26. The van der Waals surface area contributed by atoms with Crippen molar-refractivity contribution in [3.8, 4) is 5.88 Å². The Morgan fingerprint density at radius 2 is 2.38 bits per heavy atom. The third-order valence-corrected chi connectivity index (χ3v) is 3.44. The van der Waals surface area contributed by atoms with Crippen molar-refractivity contribution >= 4 is 29.8 Å². The number of aliphatic imine (C=N–C) groups is 1. The van der Waals surface area contributed by atoms with E-state index in [-0.39, 0.29) is 5.88 Å². The van der Waals surface area contributed by atoms with E-state index in [1.165, 1.54) is 24.2 Å². The van der Waals surface area contributed by atoms with Crippen molar-refractivity contribution in [2.24, 2.45) is 12.0 Å². The summed E-state index contributed by atoms with van der Waals surface area (Å²) in [4.78, 5) is 5.05. The highest BCUT2D eigenvalue weighted by Gasteiger charge is 2.19. The lowest BCUT2D eigenvalue weighted by atomic mass is 10.5. The second-order valence-corrected chi connectivity index (χ2v) is 4.80. The van der Waals surface area contributed by atoms with Gasteiger partial charge in [-0.3, -0.25) is 9.56 Å². The number of aromatic nitrogens is 1.